The number of hydrogen-bond donors (Lipinski definition) is 2. The first-order valence-electron chi connectivity index (χ1n) is 6.70. The van der Waals surface area contributed by atoms with Gasteiger partial charge in [0, 0.05) is 6.04 Å². The van der Waals surface area contributed by atoms with Crippen molar-refractivity contribution in [1.82, 2.24) is 5.43 Å². The standard InChI is InChI=1S/C15H24N2/c1-11-6-12(2)8-14(7-11)10-15(17-16)9-13-4-3-5-13/h6-8,13,15,17H,3-5,9-10,16H2,1-2H3. The van der Waals surface area contributed by atoms with Crippen LogP contribution >= 0.6 is 0 Å². The molecule has 1 aliphatic rings. The van der Waals surface area contributed by atoms with Crippen LogP contribution in [0.4, 0.5) is 0 Å². The second-order valence-electron chi connectivity index (χ2n) is 5.60. The van der Waals surface area contributed by atoms with Gasteiger partial charge in [0.05, 0.1) is 0 Å². The van der Waals surface area contributed by atoms with Crippen LogP contribution < -0.4 is 11.3 Å². The Morgan fingerprint density at radius 3 is 2.35 bits per heavy atom. The maximum absolute atomic E-state index is 5.67. The molecule has 1 unspecified atom stereocenters. The highest BCUT2D eigenvalue weighted by molar-refractivity contribution is 5.29. The third kappa shape index (κ3) is 3.55. The first-order valence-corrected chi connectivity index (χ1v) is 6.70. The van der Waals surface area contributed by atoms with Gasteiger partial charge in [-0.25, -0.2) is 0 Å². The molecule has 0 heterocycles. The van der Waals surface area contributed by atoms with Crippen LogP contribution in [0.1, 0.15) is 42.4 Å². The van der Waals surface area contributed by atoms with E-state index in [1.807, 2.05) is 0 Å². The Hall–Kier alpha value is -0.860. The van der Waals surface area contributed by atoms with Crippen molar-refractivity contribution in [3.63, 3.8) is 0 Å². The first kappa shape index (κ1) is 12.6. The van der Waals surface area contributed by atoms with E-state index < -0.39 is 0 Å². The Morgan fingerprint density at radius 1 is 1.24 bits per heavy atom. The van der Waals surface area contributed by atoms with Gasteiger partial charge in [-0.15, -0.1) is 0 Å². The van der Waals surface area contributed by atoms with E-state index in [-0.39, 0.29) is 0 Å². The van der Waals surface area contributed by atoms with E-state index >= 15 is 0 Å². The monoisotopic (exact) mass is 232 g/mol. The number of nitrogens with two attached hydrogens (primary N) is 1. The molecule has 1 atom stereocenters. The van der Waals surface area contributed by atoms with Crippen LogP contribution in [0.2, 0.25) is 0 Å². The largest absolute Gasteiger partial charge is 0.271 e. The van der Waals surface area contributed by atoms with Crippen molar-refractivity contribution in [2.24, 2.45) is 11.8 Å². The second-order valence-corrected chi connectivity index (χ2v) is 5.60. The summed E-state index contributed by atoms with van der Waals surface area (Å²) in [6.07, 6.45) is 6.47. The second kappa shape index (κ2) is 5.65. The van der Waals surface area contributed by atoms with Gasteiger partial charge in [-0.3, -0.25) is 11.3 Å². The van der Waals surface area contributed by atoms with Crippen LogP contribution in [0.15, 0.2) is 18.2 Å². The van der Waals surface area contributed by atoms with E-state index in [0.29, 0.717) is 6.04 Å². The van der Waals surface area contributed by atoms with Crippen molar-refractivity contribution in [3.8, 4) is 0 Å². The summed E-state index contributed by atoms with van der Waals surface area (Å²) in [7, 11) is 0. The van der Waals surface area contributed by atoms with Gasteiger partial charge >= 0.3 is 0 Å². The van der Waals surface area contributed by atoms with Crippen LogP contribution in [0, 0.1) is 19.8 Å². The topological polar surface area (TPSA) is 38.0 Å². The molecular weight excluding hydrogens is 208 g/mol. The third-order valence-electron chi connectivity index (χ3n) is 3.84. The summed E-state index contributed by atoms with van der Waals surface area (Å²) >= 11 is 0. The predicted octanol–water partition coefficient (Wildman–Crippen LogP) is 2.87. The molecular formula is C15H24N2. The van der Waals surface area contributed by atoms with Gasteiger partial charge in [0.25, 0.3) is 0 Å². The highest BCUT2D eigenvalue weighted by Crippen LogP contribution is 2.31. The number of nitrogens with one attached hydrogen (secondary N) is 1. The molecule has 1 saturated carbocycles. The summed E-state index contributed by atoms with van der Waals surface area (Å²) in [5, 5.41) is 0. The summed E-state index contributed by atoms with van der Waals surface area (Å²) in [5.74, 6) is 6.58. The molecule has 3 N–H and O–H groups in total. The van der Waals surface area contributed by atoms with Crippen LogP contribution in [0.5, 0.6) is 0 Å². The van der Waals surface area contributed by atoms with Crippen LogP contribution in [0.25, 0.3) is 0 Å². The minimum absolute atomic E-state index is 0.432. The fourth-order valence-electron chi connectivity index (χ4n) is 2.81. The van der Waals surface area contributed by atoms with Crippen LogP contribution in [-0.4, -0.2) is 6.04 Å². The quantitative estimate of drug-likeness (QED) is 0.605. The molecule has 2 nitrogen and oxygen atoms in total. The lowest BCUT2D eigenvalue weighted by molar-refractivity contribution is 0.259. The molecule has 0 bridgehead atoms. The summed E-state index contributed by atoms with van der Waals surface area (Å²) < 4.78 is 0. The van der Waals surface area contributed by atoms with Crippen LogP contribution in [0.3, 0.4) is 0 Å². The molecule has 0 spiro atoms. The summed E-state index contributed by atoms with van der Waals surface area (Å²) in [5.41, 5.74) is 7.09. The molecule has 94 valence electrons. The number of rotatable bonds is 5. The van der Waals surface area contributed by atoms with Gasteiger partial charge in [0.2, 0.25) is 0 Å². The van der Waals surface area contributed by atoms with Crippen molar-refractivity contribution in [2.45, 2.75) is 52.0 Å². The summed E-state index contributed by atoms with van der Waals surface area (Å²) in [6, 6.07) is 7.21. The Labute approximate surface area is 105 Å². The molecule has 2 rings (SSSR count). The normalized spacial score (nSPS) is 17.8. The lowest BCUT2D eigenvalue weighted by Crippen LogP contribution is -2.39. The minimum atomic E-state index is 0.432. The Balaban J connectivity index is 1.96. The van der Waals surface area contributed by atoms with E-state index in [1.165, 1.54) is 42.4 Å². The molecule has 1 fully saturated rings. The van der Waals surface area contributed by atoms with Gasteiger partial charge < -0.3 is 0 Å². The van der Waals surface area contributed by atoms with E-state index in [9.17, 15) is 0 Å². The fraction of sp³-hybridized carbons (Fsp3) is 0.600. The maximum Gasteiger partial charge on any atom is 0.0253 e. The summed E-state index contributed by atoms with van der Waals surface area (Å²) in [4.78, 5) is 0. The van der Waals surface area contributed by atoms with Gasteiger partial charge in [-0.05, 0) is 38.2 Å². The zero-order valence-electron chi connectivity index (χ0n) is 11.0. The minimum Gasteiger partial charge on any atom is -0.271 e. The van der Waals surface area contributed by atoms with Crippen molar-refractivity contribution in [2.75, 3.05) is 0 Å². The molecule has 1 aromatic rings. The average Bonchev–Trinajstić information content (AvgIpc) is 2.20. The predicted molar refractivity (Wildman–Crippen MR) is 72.7 cm³/mol. The van der Waals surface area contributed by atoms with Gasteiger partial charge in [0.15, 0.2) is 0 Å². The van der Waals surface area contributed by atoms with Crippen LogP contribution in [-0.2, 0) is 6.42 Å². The highest BCUT2D eigenvalue weighted by atomic mass is 15.2. The van der Waals surface area contributed by atoms with E-state index in [0.717, 1.165) is 12.3 Å². The van der Waals surface area contributed by atoms with Gasteiger partial charge in [-0.2, -0.15) is 0 Å². The first-order chi connectivity index (χ1) is 8.17. The lowest BCUT2D eigenvalue weighted by Gasteiger charge is -2.29. The SMILES string of the molecule is Cc1cc(C)cc(CC(CC2CCC2)NN)c1. The lowest BCUT2D eigenvalue weighted by atomic mass is 9.80. The van der Waals surface area contributed by atoms with Crippen molar-refractivity contribution >= 4 is 0 Å². The van der Waals surface area contributed by atoms with Gasteiger partial charge in [-0.1, -0.05) is 48.6 Å². The Morgan fingerprint density at radius 2 is 1.88 bits per heavy atom. The van der Waals surface area contributed by atoms with Gasteiger partial charge in [0.1, 0.15) is 0 Å². The van der Waals surface area contributed by atoms with Crippen molar-refractivity contribution < 1.29 is 0 Å². The average molecular weight is 232 g/mol. The van der Waals surface area contributed by atoms with E-state index in [1.54, 1.807) is 0 Å². The molecule has 2 heteroatoms. The molecule has 0 aromatic heterocycles. The molecule has 0 aliphatic heterocycles. The van der Waals surface area contributed by atoms with E-state index in [2.05, 4.69) is 37.5 Å². The van der Waals surface area contributed by atoms with Crippen molar-refractivity contribution in [1.29, 1.82) is 0 Å². The number of hydrazine groups is 1. The maximum atomic E-state index is 5.67. The fourth-order valence-corrected chi connectivity index (χ4v) is 2.81. The van der Waals surface area contributed by atoms with Crippen molar-refractivity contribution in [3.05, 3.63) is 34.9 Å². The zero-order valence-corrected chi connectivity index (χ0v) is 11.0. The molecule has 0 amide bonds. The number of aryl methyl sites for hydroxylation is 2. The van der Waals surface area contributed by atoms with E-state index in [4.69, 9.17) is 5.84 Å². The third-order valence-corrected chi connectivity index (χ3v) is 3.84. The smallest absolute Gasteiger partial charge is 0.0253 e. The number of hydrogen-bond acceptors (Lipinski definition) is 2. The highest BCUT2D eigenvalue weighted by Gasteiger charge is 2.21. The summed E-state index contributed by atoms with van der Waals surface area (Å²) in [6.45, 7) is 4.32. The zero-order chi connectivity index (χ0) is 12.3. The molecule has 0 radical (unpaired) electrons. The number of benzene rings is 1. The molecule has 17 heavy (non-hydrogen) atoms. The molecule has 1 aromatic carbocycles. The Bertz CT molecular complexity index is 349. The Kier molecular flexibility index (Phi) is 4.19. The molecule has 1 aliphatic carbocycles. The molecule has 0 saturated heterocycles.